The van der Waals surface area contributed by atoms with Crippen molar-refractivity contribution in [3.63, 3.8) is 0 Å². The van der Waals surface area contributed by atoms with Crippen LogP contribution in [0, 0.1) is 6.92 Å². The molecule has 0 spiro atoms. The molecule has 0 aliphatic rings. The van der Waals surface area contributed by atoms with Crippen molar-refractivity contribution >= 4 is 5.69 Å². The van der Waals surface area contributed by atoms with E-state index in [4.69, 9.17) is 4.74 Å². The molecule has 1 N–H and O–H groups in total. The van der Waals surface area contributed by atoms with Crippen LogP contribution in [0.3, 0.4) is 0 Å². The van der Waals surface area contributed by atoms with E-state index in [0.717, 1.165) is 18.0 Å². The fraction of sp³-hybridized carbons (Fsp3) is 0.200. The molecule has 2 aromatic rings. The van der Waals surface area contributed by atoms with Gasteiger partial charge in [-0.25, -0.2) is 0 Å². The lowest BCUT2D eigenvalue weighted by Gasteiger charge is -2.09. The van der Waals surface area contributed by atoms with Gasteiger partial charge in [-0.05, 0) is 42.3 Å². The van der Waals surface area contributed by atoms with Crippen LogP contribution in [0.25, 0.3) is 0 Å². The summed E-state index contributed by atoms with van der Waals surface area (Å²) < 4.78 is 5.12. The first kappa shape index (κ1) is 11.5. The first-order valence-electron chi connectivity index (χ1n) is 5.72. The minimum atomic E-state index is 0.846. The molecule has 0 radical (unpaired) electrons. The largest absolute Gasteiger partial charge is 0.497 e. The van der Waals surface area contributed by atoms with E-state index in [2.05, 4.69) is 36.5 Å². The third-order valence-electron chi connectivity index (χ3n) is 2.83. The zero-order valence-corrected chi connectivity index (χ0v) is 10.2. The van der Waals surface area contributed by atoms with Crippen LogP contribution in [0.2, 0.25) is 0 Å². The zero-order chi connectivity index (χ0) is 12.1. The lowest BCUT2D eigenvalue weighted by atomic mass is 10.1. The molecule has 0 saturated carbocycles. The van der Waals surface area contributed by atoms with Crippen molar-refractivity contribution in [2.75, 3.05) is 12.4 Å². The lowest BCUT2D eigenvalue weighted by Crippen LogP contribution is -2.00. The van der Waals surface area contributed by atoms with Crippen molar-refractivity contribution in [3.8, 4) is 5.75 Å². The van der Waals surface area contributed by atoms with Gasteiger partial charge in [-0.1, -0.05) is 24.3 Å². The number of benzene rings is 2. The third kappa shape index (κ3) is 3.00. The van der Waals surface area contributed by atoms with Gasteiger partial charge in [-0.3, -0.25) is 0 Å². The van der Waals surface area contributed by atoms with E-state index in [0.29, 0.717) is 0 Å². The number of hydrogen-bond acceptors (Lipinski definition) is 2. The van der Waals surface area contributed by atoms with Gasteiger partial charge in [-0.15, -0.1) is 0 Å². The number of aryl methyl sites for hydroxylation is 1. The summed E-state index contributed by atoms with van der Waals surface area (Å²) in [5.41, 5.74) is 3.74. The number of methoxy groups -OCH3 is 1. The number of nitrogens with one attached hydrogen (secondary N) is 1. The van der Waals surface area contributed by atoms with Crippen LogP contribution in [0.4, 0.5) is 5.69 Å². The van der Waals surface area contributed by atoms with Gasteiger partial charge in [0.25, 0.3) is 0 Å². The fourth-order valence-corrected chi connectivity index (χ4v) is 1.71. The summed E-state index contributed by atoms with van der Waals surface area (Å²) in [6.45, 7) is 2.98. The highest BCUT2D eigenvalue weighted by Crippen LogP contribution is 2.16. The van der Waals surface area contributed by atoms with Crippen LogP contribution in [0.15, 0.2) is 48.5 Å². The number of hydrogen-bond donors (Lipinski definition) is 1. The van der Waals surface area contributed by atoms with Gasteiger partial charge < -0.3 is 10.1 Å². The molecular weight excluding hydrogens is 210 g/mol. The predicted octanol–water partition coefficient (Wildman–Crippen LogP) is 3.62. The highest BCUT2D eigenvalue weighted by molar-refractivity contribution is 5.47. The molecule has 0 atom stereocenters. The Hall–Kier alpha value is -1.96. The Morgan fingerprint density at radius 1 is 1.00 bits per heavy atom. The van der Waals surface area contributed by atoms with Gasteiger partial charge in [0.05, 0.1) is 7.11 Å². The first-order valence-corrected chi connectivity index (χ1v) is 5.72. The maximum absolute atomic E-state index is 5.12. The topological polar surface area (TPSA) is 21.3 Å². The predicted molar refractivity (Wildman–Crippen MR) is 71.5 cm³/mol. The summed E-state index contributed by atoms with van der Waals surface area (Å²) in [6, 6.07) is 16.4. The van der Waals surface area contributed by atoms with Gasteiger partial charge in [0.1, 0.15) is 5.75 Å². The monoisotopic (exact) mass is 227 g/mol. The second-order valence-electron chi connectivity index (χ2n) is 4.01. The quantitative estimate of drug-likeness (QED) is 0.861. The Labute approximate surface area is 102 Å². The average molecular weight is 227 g/mol. The molecule has 0 amide bonds. The normalized spacial score (nSPS) is 10.0. The molecule has 0 saturated heterocycles. The molecule has 0 bridgehead atoms. The molecular formula is C15H17NO. The molecule has 2 aromatic carbocycles. The van der Waals surface area contributed by atoms with E-state index in [1.165, 1.54) is 11.1 Å². The molecule has 0 aliphatic heterocycles. The van der Waals surface area contributed by atoms with Gasteiger partial charge in [0, 0.05) is 12.2 Å². The maximum atomic E-state index is 5.12. The Morgan fingerprint density at radius 3 is 2.35 bits per heavy atom. The molecule has 2 rings (SSSR count). The Morgan fingerprint density at radius 2 is 1.71 bits per heavy atom. The summed E-state index contributed by atoms with van der Waals surface area (Å²) in [5.74, 6) is 0.881. The summed E-state index contributed by atoms with van der Waals surface area (Å²) in [5, 5.41) is 3.40. The Bertz CT molecular complexity index is 477. The Kier molecular flexibility index (Phi) is 3.66. The van der Waals surface area contributed by atoms with Crippen molar-refractivity contribution in [1.82, 2.24) is 0 Å². The van der Waals surface area contributed by atoms with Crippen molar-refractivity contribution in [2.24, 2.45) is 0 Å². The summed E-state index contributed by atoms with van der Waals surface area (Å²) in [6.07, 6.45) is 0. The average Bonchev–Trinajstić information content (AvgIpc) is 2.38. The summed E-state index contributed by atoms with van der Waals surface area (Å²) >= 11 is 0. The minimum absolute atomic E-state index is 0.846. The fourth-order valence-electron chi connectivity index (χ4n) is 1.71. The van der Waals surface area contributed by atoms with Gasteiger partial charge in [0.2, 0.25) is 0 Å². The molecule has 2 nitrogen and oxygen atoms in total. The van der Waals surface area contributed by atoms with Crippen LogP contribution < -0.4 is 10.1 Å². The van der Waals surface area contributed by atoms with Gasteiger partial charge in [-0.2, -0.15) is 0 Å². The van der Waals surface area contributed by atoms with E-state index in [9.17, 15) is 0 Å². The molecule has 0 heterocycles. The maximum Gasteiger partial charge on any atom is 0.119 e. The Balaban J connectivity index is 2.00. The molecule has 0 aliphatic carbocycles. The zero-order valence-electron chi connectivity index (χ0n) is 10.2. The molecule has 0 fully saturated rings. The van der Waals surface area contributed by atoms with E-state index in [-0.39, 0.29) is 0 Å². The van der Waals surface area contributed by atoms with Crippen molar-refractivity contribution < 1.29 is 4.74 Å². The van der Waals surface area contributed by atoms with Crippen LogP contribution in [0.5, 0.6) is 5.75 Å². The molecule has 88 valence electrons. The molecule has 17 heavy (non-hydrogen) atoms. The highest BCUT2D eigenvalue weighted by atomic mass is 16.5. The number of rotatable bonds is 4. The van der Waals surface area contributed by atoms with E-state index >= 15 is 0 Å². The summed E-state index contributed by atoms with van der Waals surface area (Å²) in [7, 11) is 1.68. The van der Waals surface area contributed by atoms with Crippen LogP contribution in [0.1, 0.15) is 11.1 Å². The van der Waals surface area contributed by atoms with E-state index < -0.39 is 0 Å². The molecule has 2 heteroatoms. The highest BCUT2D eigenvalue weighted by Gasteiger charge is 1.97. The van der Waals surface area contributed by atoms with Crippen LogP contribution in [-0.4, -0.2) is 7.11 Å². The van der Waals surface area contributed by atoms with Crippen LogP contribution >= 0.6 is 0 Å². The SMILES string of the molecule is COc1ccc(NCc2ccccc2C)cc1. The first-order chi connectivity index (χ1) is 8.29. The standard InChI is InChI=1S/C15H17NO/c1-12-5-3-4-6-13(12)11-16-14-7-9-15(17-2)10-8-14/h3-10,16H,11H2,1-2H3. The number of anilines is 1. The van der Waals surface area contributed by atoms with Gasteiger partial charge >= 0.3 is 0 Å². The smallest absolute Gasteiger partial charge is 0.119 e. The van der Waals surface area contributed by atoms with Crippen molar-refractivity contribution in [2.45, 2.75) is 13.5 Å². The second kappa shape index (κ2) is 5.39. The van der Waals surface area contributed by atoms with E-state index in [1.54, 1.807) is 7.11 Å². The van der Waals surface area contributed by atoms with E-state index in [1.807, 2.05) is 24.3 Å². The molecule has 0 aromatic heterocycles. The third-order valence-corrected chi connectivity index (χ3v) is 2.83. The van der Waals surface area contributed by atoms with Crippen molar-refractivity contribution in [3.05, 3.63) is 59.7 Å². The van der Waals surface area contributed by atoms with Crippen LogP contribution in [-0.2, 0) is 6.54 Å². The summed E-state index contributed by atoms with van der Waals surface area (Å²) in [4.78, 5) is 0. The van der Waals surface area contributed by atoms with Gasteiger partial charge in [0.15, 0.2) is 0 Å². The lowest BCUT2D eigenvalue weighted by molar-refractivity contribution is 0.415. The second-order valence-corrected chi connectivity index (χ2v) is 4.01. The van der Waals surface area contributed by atoms with Crippen molar-refractivity contribution in [1.29, 1.82) is 0 Å². The molecule has 0 unspecified atom stereocenters. The number of ether oxygens (including phenoxy) is 1. The minimum Gasteiger partial charge on any atom is -0.497 e.